The molecular weight excluding hydrogens is 408 g/mol. The van der Waals surface area contributed by atoms with Crippen molar-refractivity contribution in [1.82, 2.24) is 0 Å². The first-order chi connectivity index (χ1) is 8.09. The second-order valence-corrected chi connectivity index (χ2v) is 6.52. The summed E-state index contributed by atoms with van der Waals surface area (Å²) in [6.45, 7) is 2.11. The Morgan fingerprint density at radius 1 is 0.941 bits per heavy atom. The van der Waals surface area contributed by atoms with Crippen LogP contribution in [0.25, 0.3) is 0 Å². The molecule has 0 saturated heterocycles. The van der Waals surface area contributed by atoms with Crippen molar-refractivity contribution in [3.8, 4) is 0 Å². The fourth-order valence-electron chi connectivity index (χ4n) is 1.68. The SMILES string of the molecule is Cc1cccc(C(Br)c2ccc(Br)cc2)c1Br. The summed E-state index contributed by atoms with van der Waals surface area (Å²) in [5.74, 6) is 0. The minimum Gasteiger partial charge on any atom is -0.0786 e. The van der Waals surface area contributed by atoms with E-state index in [0.717, 1.165) is 4.47 Å². The molecule has 3 heteroatoms. The summed E-state index contributed by atoms with van der Waals surface area (Å²) in [4.78, 5) is 0.213. The zero-order valence-electron chi connectivity index (χ0n) is 9.25. The van der Waals surface area contributed by atoms with Gasteiger partial charge in [-0.3, -0.25) is 0 Å². The monoisotopic (exact) mass is 416 g/mol. The van der Waals surface area contributed by atoms with Gasteiger partial charge in [0.05, 0.1) is 4.83 Å². The van der Waals surface area contributed by atoms with Crippen LogP contribution in [0.4, 0.5) is 0 Å². The van der Waals surface area contributed by atoms with Gasteiger partial charge >= 0.3 is 0 Å². The first kappa shape index (κ1) is 13.3. The van der Waals surface area contributed by atoms with E-state index < -0.39 is 0 Å². The molecule has 1 atom stereocenters. The molecule has 0 N–H and O–H groups in total. The highest BCUT2D eigenvalue weighted by atomic mass is 79.9. The molecule has 0 saturated carbocycles. The summed E-state index contributed by atoms with van der Waals surface area (Å²) in [5.41, 5.74) is 3.76. The third-order valence-electron chi connectivity index (χ3n) is 2.66. The van der Waals surface area contributed by atoms with Crippen LogP contribution < -0.4 is 0 Å². The fraction of sp³-hybridized carbons (Fsp3) is 0.143. The zero-order chi connectivity index (χ0) is 12.4. The molecule has 0 heterocycles. The minimum absolute atomic E-state index is 0.213. The topological polar surface area (TPSA) is 0 Å². The Kier molecular flexibility index (Phi) is 4.45. The third kappa shape index (κ3) is 3.01. The molecule has 1 unspecified atom stereocenters. The number of halogens is 3. The van der Waals surface area contributed by atoms with Crippen LogP contribution in [0.1, 0.15) is 21.5 Å². The van der Waals surface area contributed by atoms with Gasteiger partial charge in [0.15, 0.2) is 0 Å². The molecule has 0 aliphatic heterocycles. The van der Waals surface area contributed by atoms with Gasteiger partial charge in [0, 0.05) is 8.95 Å². The van der Waals surface area contributed by atoms with Crippen LogP contribution in [0.3, 0.4) is 0 Å². The molecule has 0 nitrogen and oxygen atoms in total. The first-order valence-corrected chi connectivity index (χ1v) is 7.74. The molecule has 0 radical (unpaired) electrons. The lowest BCUT2D eigenvalue weighted by Gasteiger charge is -2.14. The lowest BCUT2D eigenvalue weighted by atomic mass is 10.0. The number of rotatable bonds is 2. The van der Waals surface area contributed by atoms with Crippen molar-refractivity contribution in [2.75, 3.05) is 0 Å². The van der Waals surface area contributed by atoms with Crippen LogP contribution in [0.15, 0.2) is 51.4 Å². The van der Waals surface area contributed by atoms with Gasteiger partial charge < -0.3 is 0 Å². The molecule has 17 heavy (non-hydrogen) atoms. The molecule has 0 amide bonds. The molecule has 2 aromatic carbocycles. The van der Waals surface area contributed by atoms with Crippen LogP contribution in [-0.2, 0) is 0 Å². The number of hydrogen-bond acceptors (Lipinski definition) is 0. The molecule has 0 fully saturated rings. The maximum absolute atomic E-state index is 3.76. The molecule has 0 aliphatic rings. The normalized spacial score (nSPS) is 12.5. The fourth-order valence-corrected chi connectivity index (χ4v) is 3.43. The summed E-state index contributed by atoms with van der Waals surface area (Å²) in [6.07, 6.45) is 0. The minimum atomic E-state index is 0.213. The van der Waals surface area contributed by atoms with Crippen LogP contribution in [-0.4, -0.2) is 0 Å². The van der Waals surface area contributed by atoms with Crippen molar-refractivity contribution in [2.45, 2.75) is 11.8 Å². The van der Waals surface area contributed by atoms with Crippen molar-refractivity contribution in [3.05, 3.63) is 68.1 Å². The second-order valence-electron chi connectivity index (χ2n) is 3.89. The largest absolute Gasteiger partial charge is 0.0786 e. The maximum atomic E-state index is 3.76. The zero-order valence-corrected chi connectivity index (χ0v) is 14.0. The number of aryl methyl sites for hydroxylation is 1. The molecular formula is C14H11Br3. The Morgan fingerprint density at radius 3 is 2.24 bits per heavy atom. The lowest BCUT2D eigenvalue weighted by Crippen LogP contribution is -1.95. The summed E-state index contributed by atoms with van der Waals surface area (Å²) in [7, 11) is 0. The highest BCUT2D eigenvalue weighted by Crippen LogP contribution is 2.36. The highest BCUT2D eigenvalue weighted by molar-refractivity contribution is 9.11. The van der Waals surface area contributed by atoms with E-state index in [2.05, 4.69) is 97.2 Å². The number of alkyl halides is 1. The molecule has 0 aliphatic carbocycles. The van der Waals surface area contributed by atoms with Crippen molar-refractivity contribution in [3.63, 3.8) is 0 Å². The summed E-state index contributed by atoms with van der Waals surface area (Å²) < 4.78 is 2.27. The van der Waals surface area contributed by atoms with Gasteiger partial charge in [-0.1, -0.05) is 78.1 Å². The van der Waals surface area contributed by atoms with Gasteiger partial charge in [-0.05, 0) is 35.7 Å². The van der Waals surface area contributed by atoms with Gasteiger partial charge in [-0.15, -0.1) is 0 Å². The number of hydrogen-bond donors (Lipinski definition) is 0. The molecule has 2 aromatic rings. The van der Waals surface area contributed by atoms with Crippen molar-refractivity contribution < 1.29 is 0 Å². The quantitative estimate of drug-likeness (QED) is 0.524. The van der Waals surface area contributed by atoms with Crippen LogP contribution in [0.2, 0.25) is 0 Å². The predicted octanol–water partition coefficient (Wildman–Crippen LogP) is 6.00. The average molecular weight is 419 g/mol. The van der Waals surface area contributed by atoms with E-state index in [1.54, 1.807) is 0 Å². The van der Waals surface area contributed by atoms with E-state index in [-0.39, 0.29) is 4.83 Å². The van der Waals surface area contributed by atoms with Gasteiger partial charge in [-0.2, -0.15) is 0 Å². The highest BCUT2D eigenvalue weighted by Gasteiger charge is 2.14. The third-order valence-corrected chi connectivity index (χ3v) is 5.29. The smallest absolute Gasteiger partial charge is 0.0655 e. The van der Waals surface area contributed by atoms with E-state index in [9.17, 15) is 0 Å². The Balaban J connectivity index is 2.40. The summed E-state index contributed by atoms with van der Waals surface area (Å²) in [5, 5.41) is 0. The van der Waals surface area contributed by atoms with Gasteiger partial charge in [-0.25, -0.2) is 0 Å². The lowest BCUT2D eigenvalue weighted by molar-refractivity contribution is 1.15. The van der Waals surface area contributed by atoms with E-state index in [1.165, 1.54) is 21.2 Å². The molecule has 0 spiro atoms. The number of benzene rings is 2. The van der Waals surface area contributed by atoms with Crippen molar-refractivity contribution in [2.24, 2.45) is 0 Å². The first-order valence-electron chi connectivity index (χ1n) is 5.24. The summed E-state index contributed by atoms with van der Waals surface area (Å²) in [6, 6.07) is 14.7. The van der Waals surface area contributed by atoms with Gasteiger partial charge in [0.2, 0.25) is 0 Å². The van der Waals surface area contributed by atoms with Crippen LogP contribution >= 0.6 is 47.8 Å². The Bertz CT molecular complexity index is 517. The van der Waals surface area contributed by atoms with E-state index in [4.69, 9.17) is 0 Å². The van der Waals surface area contributed by atoms with Crippen LogP contribution in [0.5, 0.6) is 0 Å². The van der Waals surface area contributed by atoms with E-state index in [1.807, 2.05) is 0 Å². The van der Waals surface area contributed by atoms with Crippen molar-refractivity contribution >= 4 is 47.8 Å². The van der Waals surface area contributed by atoms with E-state index in [0.29, 0.717) is 0 Å². The molecule has 2 rings (SSSR count). The van der Waals surface area contributed by atoms with E-state index >= 15 is 0 Å². The Hall–Kier alpha value is -0.120. The standard InChI is InChI=1S/C14H11Br3/c1-9-3-2-4-12(13(9)16)14(17)10-5-7-11(15)8-6-10/h2-8,14H,1H3. The van der Waals surface area contributed by atoms with Crippen molar-refractivity contribution in [1.29, 1.82) is 0 Å². The Morgan fingerprint density at radius 2 is 1.59 bits per heavy atom. The molecule has 0 aromatic heterocycles. The van der Waals surface area contributed by atoms with Crippen LogP contribution in [0, 0.1) is 6.92 Å². The van der Waals surface area contributed by atoms with Gasteiger partial charge in [0.25, 0.3) is 0 Å². The summed E-state index contributed by atoms with van der Waals surface area (Å²) >= 11 is 10.9. The average Bonchev–Trinajstić information content (AvgIpc) is 2.33. The predicted molar refractivity (Wildman–Crippen MR) is 83.8 cm³/mol. The molecule has 88 valence electrons. The molecule has 0 bridgehead atoms. The van der Waals surface area contributed by atoms with Gasteiger partial charge in [0.1, 0.15) is 0 Å². The maximum Gasteiger partial charge on any atom is 0.0655 e. The second kappa shape index (κ2) is 5.68. The Labute approximate surface area is 127 Å².